The highest BCUT2D eigenvalue weighted by Gasteiger charge is 2.51. The quantitative estimate of drug-likeness (QED) is 0.482. The number of hydrogen-bond donors (Lipinski definition) is 0. The summed E-state index contributed by atoms with van der Waals surface area (Å²) in [5.74, 6) is 1.05. The minimum atomic E-state index is 0.674. The second-order valence-corrected chi connectivity index (χ2v) is 5.42. The fraction of sp³-hybridized carbons (Fsp3) is 1.00. The molecule has 2 bridgehead atoms. The van der Waals surface area contributed by atoms with Crippen LogP contribution >= 0.6 is 0 Å². The average Bonchev–Trinajstić information content (AvgIpc) is 2.16. The van der Waals surface area contributed by atoms with Gasteiger partial charge in [0.05, 0.1) is 0 Å². The van der Waals surface area contributed by atoms with Gasteiger partial charge in [-0.15, -0.1) is 0 Å². The molecule has 10 heavy (non-hydrogen) atoms. The largest absolute Gasteiger partial charge is 0.0596 e. The van der Waals surface area contributed by atoms with E-state index < -0.39 is 0 Å². The van der Waals surface area contributed by atoms with Crippen LogP contribution in [0.25, 0.3) is 0 Å². The van der Waals surface area contributed by atoms with Gasteiger partial charge in [0.1, 0.15) is 0 Å². The zero-order chi connectivity index (χ0) is 7.41. The van der Waals surface area contributed by atoms with Gasteiger partial charge in [0.15, 0.2) is 0 Å². The maximum atomic E-state index is 2.47. The molecule has 0 nitrogen and oxygen atoms in total. The molecule has 2 saturated carbocycles. The minimum absolute atomic E-state index is 0.674. The van der Waals surface area contributed by atoms with Crippen LogP contribution in [-0.2, 0) is 0 Å². The van der Waals surface area contributed by atoms with Gasteiger partial charge in [-0.1, -0.05) is 20.8 Å². The van der Waals surface area contributed by atoms with Crippen molar-refractivity contribution in [3.8, 4) is 0 Å². The van der Waals surface area contributed by atoms with E-state index >= 15 is 0 Å². The highest BCUT2D eigenvalue weighted by molar-refractivity contribution is 5.01. The van der Waals surface area contributed by atoms with Crippen LogP contribution in [0.4, 0.5) is 0 Å². The van der Waals surface area contributed by atoms with Gasteiger partial charge in [-0.2, -0.15) is 0 Å². The summed E-state index contributed by atoms with van der Waals surface area (Å²) in [6, 6.07) is 0. The maximum absolute atomic E-state index is 2.47. The lowest BCUT2D eigenvalue weighted by Gasteiger charge is -2.32. The predicted molar refractivity (Wildman–Crippen MR) is 43.8 cm³/mol. The van der Waals surface area contributed by atoms with Crippen molar-refractivity contribution >= 4 is 0 Å². The average molecular weight is 138 g/mol. The van der Waals surface area contributed by atoms with Gasteiger partial charge < -0.3 is 0 Å². The highest BCUT2D eigenvalue weighted by Crippen LogP contribution is 2.62. The normalized spacial score (nSPS) is 50.1. The summed E-state index contributed by atoms with van der Waals surface area (Å²) >= 11 is 0. The third kappa shape index (κ3) is 0.741. The second kappa shape index (κ2) is 1.60. The monoisotopic (exact) mass is 138 g/mol. The van der Waals surface area contributed by atoms with Gasteiger partial charge >= 0.3 is 0 Å². The molecule has 58 valence electrons. The van der Waals surface area contributed by atoms with Crippen LogP contribution < -0.4 is 0 Å². The third-order valence-corrected chi connectivity index (χ3v) is 3.82. The molecule has 2 fully saturated rings. The fourth-order valence-electron chi connectivity index (χ4n) is 3.39. The number of fused-ring (bicyclic) bond motifs is 2. The zero-order valence-electron chi connectivity index (χ0n) is 7.41. The molecule has 0 aliphatic heterocycles. The molecular weight excluding hydrogens is 120 g/mol. The van der Waals surface area contributed by atoms with Crippen molar-refractivity contribution in [2.75, 3.05) is 0 Å². The van der Waals surface area contributed by atoms with E-state index in [0.717, 1.165) is 11.3 Å². The molecule has 2 aliphatic rings. The van der Waals surface area contributed by atoms with Gasteiger partial charge in [0, 0.05) is 0 Å². The lowest BCUT2D eigenvalue weighted by molar-refractivity contribution is 0.182. The summed E-state index contributed by atoms with van der Waals surface area (Å²) in [7, 11) is 0. The van der Waals surface area contributed by atoms with Crippen molar-refractivity contribution in [1.29, 1.82) is 0 Å². The number of rotatable bonds is 0. The Morgan fingerprint density at radius 1 is 1.20 bits per heavy atom. The van der Waals surface area contributed by atoms with Crippen molar-refractivity contribution in [2.24, 2.45) is 16.7 Å². The Bertz CT molecular complexity index is 155. The SMILES string of the molecule is CC1(C)C[C@]2(C)CCC1C2. The van der Waals surface area contributed by atoms with Crippen molar-refractivity contribution in [3.05, 3.63) is 0 Å². The Morgan fingerprint density at radius 2 is 1.90 bits per heavy atom. The Morgan fingerprint density at radius 3 is 2.10 bits per heavy atom. The summed E-state index contributed by atoms with van der Waals surface area (Å²) in [5.41, 5.74) is 1.42. The van der Waals surface area contributed by atoms with Crippen molar-refractivity contribution < 1.29 is 0 Å². The van der Waals surface area contributed by atoms with Crippen LogP contribution in [0.5, 0.6) is 0 Å². The Labute approximate surface area is 64.0 Å². The summed E-state index contributed by atoms with van der Waals surface area (Å²) in [5, 5.41) is 0. The molecule has 0 heterocycles. The molecule has 0 aromatic carbocycles. The molecule has 0 spiro atoms. The first kappa shape index (κ1) is 6.69. The van der Waals surface area contributed by atoms with Crippen LogP contribution in [0, 0.1) is 16.7 Å². The first-order chi connectivity index (χ1) is 4.52. The molecule has 2 rings (SSSR count). The van der Waals surface area contributed by atoms with E-state index in [0.29, 0.717) is 5.41 Å². The Kier molecular flexibility index (Phi) is 1.07. The molecule has 0 aromatic rings. The fourth-order valence-corrected chi connectivity index (χ4v) is 3.39. The van der Waals surface area contributed by atoms with E-state index in [2.05, 4.69) is 20.8 Å². The van der Waals surface area contributed by atoms with Gasteiger partial charge in [0.2, 0.25) is 0 Å². The molecule has 0 saturated heterocycles. The maximum Gasteiger partial charge on any atom is -0.0318 e. The molecule has 0 amide bonds. The topological polar surface area (TPSA) is 0 Å². The van der Waals surface area contributed by atoms with Gasteiger partial charge in [-0.05, 0) is 42.4 Å². The van der Waals surface area contributed by atoms with Gasteiger partial charge in [-0.25, -0.2) is 0 Å². The molecule has 0 aromatic heterocycles. The van der Waals surface area contributed by atoms with E-state index in [-0.39, 0.29) is 0 Å². The Balaban J connectivity index is 2.25. The second-order valence-electron chi connectivity index (χ2n) is 5.42. The van der Waals surface area contributed by atoms with Crippen LogP contribution in [-0.4, -0.2) is 0 Å². The van der Waals surface area contributed by atoms with Crippen molar-refractivity contribution in [1.82, 2.24) is 0 Å². The van der Waals surface area contributed by atoms with E-state index in [9.17, 15) is 0 Å². The summed E-state index contributed by atoms with van der Waals surface area (Å²) in [4.78, 5) is 0. The van der Waals surface area contributed by atoms with Crippen LogP contribution in [0.1, 0.15) is 46.5 Å². The van der Waals surface area contributed by atoms with E-state index in [4.69, 9.17) is 0 Å². The summed E-state index contributed by atoms with van der Waals surface area (Å²) in [6.45, 7) is 7.37. The van der Waals surface area contributed by atoms with Crippen LogP contribution in [0.2, 0.25) is 0 Å². The molecule has 2 aliphatic carbocycles. The molecule has 0 heteroatoms. The first-order valence-corrected chi connectivity index (χ1v) is 4.52. The van der Waals surface area contributed by atoms with Crippen LogP contribution in [0.15, 0.2) is 0 Å². The molecule has 0 N–H and O–H groups in total. The lowest BCUT2D eigenvalue weighted by atomic mass is 9.73. The van der Waals surface area contributed by atoms with E-state index in [1.165, 1.54) is 25.7 Å². The lowest BCUT2D eigenvalue weighted by Crippen LogP contribution is -2.22. The summed E-state index contributed by atoms with van der Waals surface area (Å²) in [6.07, 6.45) is 6.00. The van der Waals surface area contributed by atoms with Crippen LogP contribution in [0.3, 0.4) is 0 Å². The molecule has 0 radical (unpaired) electrons. The first-order valence-electron chi connectivity index (χ1n) is 4.52. The van der Waals surface area contributed by atoms with Crippen molar-refractivity contribution in [2.45, 2.75) is 46.5 Å². The van der Waals surface area contributed by atoms with E-state index in [1.54, 1.807) is 0 Å². The van der Waals surface area contributed by atoms with Gasteiger partial charge in [-0.3, -0.25) is 0 Å². The Hall–Kier alpha value is 0. The predicted octanol–water partition coefficient (Wildman–Crippen LogP) is 3.22. The van der Waals surface area contributed by atoms with Gasteiger partial charge in [0.25, 0.3) is 0 Å². The molecule has 2 atom stereocenters. The zero-order valence-corrected chi connectivity index (χ0v) is 7.41. The highest BCUT2D eigenvalue weighted by atomic mass is 14.6. The smallest absolute Gasteiger partial charge is 0.0318 e. The molecular formula is C10H18. The summed E-state index contributed by atoms with van der Waals surface area (Å²) < 4.78 is 0. The third-order valence-electron chi connectivity index (χ3n) is 3.82. The van der Waals surface area contributed by atoms with E-state index in [1.807, 2.05) is 0 Å². The standard InChI is InChI=1S/C10H18/c1-9(2)7-10(3)5-4-8(9)6-10/h8H,4-7H2,1-3H3/t8?,10-/m1/s1. The van der Waals surface area contributed by atoms with Crippen molar-refractivity contribution in [3.63, 3.8) is 0 Å². The minimum Gasteiger partial charge on any atom is -0.0596 e. The number of hydrogen-bond acceptors (Lipinski definition) is 0. The molecule has 1 unspecified atom stereocenters.